The van der Waals surface area contributed by atoms with Crippen LogP contribution >= 0.6 is 11.6 Å². The Labute approximate surface area is 194 Å². The lowest BCUT2D eigenvalue weighted by molar-refractivity contribution is 0.159. The zero-order valence-electron chi connectivity index (χ0n) is 18.5. The van der Waals surface area contributed by atoms with E-state index in [1.807, 2.05) is 42.5 Å². The third kappa shape index (κ3) is 5.84. The standard InChI is InChI=1S/C26H29ClFN3O/c1-31(2)26(21-10-14-23(28)15-11-21)20-8-3-18(4-9-20)7-16-25-29-24(30-32-25)17-19-5-12-22(27)13-6-19/h5-7,10-16,18,20,26H,3-4,8-9,17H2,1-2H3/b16-7+. The van der Waals surface area contributed by atoms with Crippen LogP contribution in [0.5, 0.6) is 0 Å². The summed E-state index contributed by atoms with van der Waals surface area (Å²) < 4.78 is 18.7. The van der Waals surface area contributed by atoms with Crippen LogP contribution in [0.3, 0.4) is 0 Å². The zero-order chi connectivity index (χ0) is 22.5. The second kappa shape index (κ2) is 10.4. The van der Waals surface area contributed by atoms with Gasteiger partial charge in [0.25, 0.3) is 0 Å². The molecule has 6 heteroatoms. The highest BCUT2D eigenvalue weighted by molar-refractivity contribution is 6.30. The van der Waals surface area contributed by atoms with Crippen molar-refractivity contribution in [2.45, 2.75) is 38.1 Å². The van der Waals surface area contributed by atoms with Crippen molar-refractivity contribution in [2.24, 2.45) is 11.8 Å². The number of hydrogen-bond donors (Lipinski definition) is 0. The van der Waals surface area contributed by atoms with Crippen LogP contribution in [-0.2, 0) is 6.42 Å². The summed E-state index contributed by atoms with van der Waals surface area (Å²) in [6.07, 6.45) is 9.30. The van der Waals surface area contributed by atoms with E-state index in [-0.39, 0.29) is 5.82 Å². The van der Waals surface area contributed by atoms with E-state index >= 15 is 0 Å². The third-order valence-corrected chi connectivity index (χ3v) is 6.55. The van der Waals surface area contributed by atoms with Gasteiger partial charge in [0.15, 0.2) is 5.82 Å². The van der Waals surface area contributed by atoms with Gasteiger partial charge in [0.2, 0.25) is 5.89 Å². The molecule has 0 radical (unpaired) electrons. The maximum atomic E-state index is 13.4. The van der Waals surface area contributed by atoms with Crippen molar-refractivity contribution in [3.63, 3.8) is 0 Å². The Kier molecular flexibility index (Phi) is 7.38. The van der Waals surface area contributed by atoms with Crippen LogP contribution < -0.4 is 0 Å². The van der Waals surface area contributed by atoms with Gasteiger partial charge in [-0.25, -0.2) is 4.39 Å². The highest BCUT2D eigenvalue weighted by Gasteiger charge is 2.29. The molecule has 1 aromatic heterocycles. The van der Waals surface area contributed by atoms with Gasteiger partial charge in [-0.15, -0.1) is 0 Å². The molecule has 0 aliphatic heterocycles. The monoisotopic (exact) mass is 453 g/mol. The second-order valence-corrected chi connectivity index (χ2v) is 9.28. The highest BCUT2D eigenvalue weighted by atomic mass is 35.5. The molecule has 2 aromatic carbocycles. The van der Waals surface area contributed by atoms with E-state index in [1.54, 1.807) is 12.1 Å². The molecule has 1 aliphatic carbocycles. The van der Waals surface area contributed by atoms with Crippen molar-refractivity contribution in [3.8, 4) is 0 Å². The quantitative estimate of drug-likeness (QED) is 0.405. The van der Waals surface area contributed by atoms with Crippen molar-refractivity contribution < 1.29 is 8.91 Å². The van der Waals surface area contributed by atoms with Crippen LogP contribution in [0.2, 0.25) is 5.02 Å². The molecule has 4 rings (SSSR count). The van der Waals surface area contributed by atoms with Gasteiger partial charge in [-0.05, 0) is 93.1 Å². The first-order valence-electron chi connectivity index (χ1n) is 11.1. The largest absolute Gasteiger partial charge is 0.335 e. The fourth-order valence-corrected chi connectivity index (χ4v) is 4.84. The summed E-state index contributed by atoms with van der Waals surface area (Å²) in [5.74, 6) is 2.11. The predicted molar refractivity (Wildman–Crippen MR) is 126 cm³/mol. The van der Waals surface area contributed by atoms with Gasteiger partial charge in [-0.1, -0.05) is 47.1 Å². The molecule has 168 valence electrons. The predicted octanol–water partition coefficient (Wildman–Crippen LogP) is 6.58. The van der Waals surface area contributed by atoms with E-state index in [4.69, 9.17) is 16.1 Å². The summed E-state index contributed by atoms with van der Waals surface area (Å²) >= 11 is 5.94. The van der Waals surface area contributed by atoms with Gasteiger partial charge in [-0.3, -0.25) is 0 Å². The smallest absolute Gasteiger partial charge is 0.250 e. The molecule has 3 aromatic rings. The number of aromatic nitrogens is 2. The number of allylic oxidation sites excluding steroid dienone is 1. The third-order valence-electron chi connectivity index (χ3n) is 6.30. The maximum absolute atomic E-state index is 13.4. The molecule has 4 nitrogen and oxygen atoms in total. The van der Waals surface area contributed by atoms with Gasteiger partial charge in [0.1, 0.15) is 5.82 Å². The summed E-state index contributed by atoms with van der Waals surface area (Å²) in [7, 11) is 4.22. The first kappa shape index (κ1) is 22.7. The molecule has 1 heterocycles. The Morgan fingerprint density at radius 2 is 1.75 bits per heavy atom. The van der Waals surface area contributed by atoms with Gasteiger partial charge in [0, 0.05) is 17.5 Å². The van der Waals surface area contributed by atoms with Gasteiger partial charge >= 0.3 is 0 Å². The van der Waals surface area contributed by atoms with Gasteiger partial charge in [-0.2, -0.15) is 4.98 Å². The van der Waals surface area contributed by atoms with Crippen molar-refractivity contribution >= 4 is 17.7 Å². The Morgan fingerprint density at radius 3 is 2.41 bits per heavy atom. The Hall–Kier alpha value is -2.50. The normalized spacial score (nSPS) is 20.2. The van der Waals surface area contributed by atoms with Gasteiger partial charge in [0.05, 0.1) is 0 Å². The van der Waals surface area contributed by atoms with Crippen LogP contribution in [0.4, 0.5) is 4.39 Å². The van der Waals surface area contributed by atoms with E-state index in [2.05, 4.69) is 35.2 Å². The number of halogens is 2. The van der Waals surface area contributed by atoms with E-state index in [0.29, 0.717) is 36.0 Å². The number of benzene rings is 2. The Morgan fingerprint density at radius 1 is 1.06 bits per heavy atom. The van der Waals surface area contributed by atoms with Gasteiger partial charge < -0.3 is 9.42 Å². The molecular formula is C26H29ClFN3O. The fraction of sp³-hybridized carbons (Fsp3) is 0.385. The van der Waals surface area contributed by atoms with E-state index in [0.717, 1.165) is 36.3 Å². The van der Waals surface area contributed by atoms with Crippen LogP contribution in [0.1, 0.15) is 54.6 Å². The fourth-order valence-electron chi connectivity index (χ4n) is 4.72. The van der Waals surface area contributed by atoms with E-state index < -0.39 is 0 Å². The van der Waals surface area contributed by atoms with Crippen LogP contribution in [-0.4, -0.2) is 29.1 Å². The summed E-state index contributed by atoms with van der Waals surface area (Å²) in [6, 6.07) is 15.0. The minimum Gasteiger partial charge on any atom is -0.335 e. The first-order valence-corrected chi connectivity index (χ1v) is 11.5. The molecule has 1 unspecified atom stereocenters. The minimum absolute atomic E-state index is 0.183. The molecule has 32 heavy (non-hydrogen) atoms. The summed E-state index contributed by atoms with van der Waals surface area (Å²) in [6.45, 7) is 0. The van der Waals surface area contributed by atoms with Crippen molar-refractivity contribution in [3.05, 3.63) is 88.3 Å². The van der Waals surface area contributed by atoms with Crippen molar-refractivity contribution in [1.82, 2.24) is 15.0 Å². The summed E-state index contributed by atoms with van der Waals surface area (Å²) in [4.78, 5) is 6.75. The van der Waals surface area contributed by atoms with Crippen LogP contribution in [0.25, 0.3) is 6.08 Å². The lowest BCUT2D eigenvalue weighted by Crippen LogP contribution is -2.30. The SMILES string of the molecule is CN(C)C(c1ccc(F)cc1)C1CCC(/C=C/c2nc(Cc3ccc(Cl)cc3)no2)CC1. The molecular weight excluding hydrogens is 425 g/mol. The molecule has 1 atom stereocenters. The topological polar surface area (TPSA) is 42.2 Å². The lowest BCUT2D eigenvalue weighted by atomic mass is 9.76. The average molecular weight is 454 g/mol. The van der Waals surface area contributed by atoms with Crippen molar-refractivity contribution in [2.75, 3.05) is 14.1 Å². The van der Waals surface area contributed by atoms with Crippen LogP contribution in [0, 0.1) is 17.7 Å². The first-order chi connectivity index (χ1) is 15.5. The average Bonchev–Trinajstić information content (AvgIpc) is 3.23. The molecule has 0 saturated heterocycles. The maximum Gasteiger partial charge on any atom is 0.250 e. The van der Waals surface area contributed by atoms with Crippen molar-refractivity contribution in [1.29, 1.82) is 0 Å². The second-order valence-electron chi connectivity index (χ2n) is 8.85. The number of hydrogen-bond acceptors (Lipinski definition) is 4. The highest BCUT2D eigenvalue weighted by Crippen LogP contribution is 2.39. The molecule has 0 N–H and O–H groups in total. The zero-order valence-corrected chi connectivity index (χ0v) is 19.3. The molecule has 1 fully saturated rings. The summed E-state index contributed by atoms with van der Waals surface area (Å²) in [5.41, 5.74) is 2.29. The van der Waals surface area contributed by atoms with E-state index in [9.17, 15) is 4.39 Å². The Bertz CT molecular complexity index is 1020. The summed E-state index contributed by atoms with van der Waals surface area (Å²) in [5, 5.41) is 4.81. The molecule has 1 saturated carbocycles. The molecule has 0 spiro atoms. The molecule has 1 aliphatic rings. The number of rotatable bonds is 7. The minimum atomic E-state index is -0.183. The van der Waals surface area contributed by atoms with Crippen LogP contribution in [0.15, 0.2) is 59.1 Å². The Balaban J connectivity index is 1.32. The lowest BCUT2D eigenvalue weighted by Gasteiger charge is -2.37. The van der Waals surface area contributed by atoms with E-state index in [1.165, 1.54) is 5.56 Å². The number of nitrogens with zero attached hydrogens (tertiary/aromatic N) is 3. The molecule has 0 bridgehead atoms. The molecule has 0 amide bonds.